The molecule has 18 heavy (non-hydrogen) atoms. The molecule has 0 spiro atoms. The van der Waals surface area contributed by atoms with Crippen LogP contribution in [0.1, 0.15) is 5.56 Å². The molecule has 0 bridgehead atoms. The van der Waals surface area contributed by atoms with E-state index in [9.17, 15) is 13.2 Å². The average molecular weight is 279 g/mol. The predicted octanol–water partition coefficient (Wildman–Crippen LogP) is 3.19. The van der Waals surface area contributed by atoms with Crippen LogP contribution in [0.4, 0.5) is 13.2 Å². The normalized spacial score (nSPS) is 10.7. The van der Waals surface area contributed by atoms with Crippen LogP contribution < -0.4 is 4.74 Å². The fourth-order valence-electron chi connectivity index (χ4n) is 1.12. The molecule has 1 aromatic carbocycles. The molecule has 1 aromatic rings. The minimum atomic E-state index is -4.63. The van der Waals surface area contributed by atoms with E-state index in [1.165, 1.54) is 0 Å². The number of benzene rings is 1. The Morgan fingerprint density at radius 3 is 2.67 bits per heavy atom. The smallest absolute Gasteiger partial charge is 0.491 e. The van der Waals surface area contributed by atoms with E-state index >= 15 is 0 Å². The Kier molecular flexibility index (Phi) is 5.83. The van der Waals surface area contributed by atoms with Crippen molar-refractivity contribution in [3.05, 3.63) is 29.8 Å². The Bertz CT molecular complexity index is 435. The highest BCUT2D eigenvalue weighted by Gasteiger charge is 2.28. The summed E-state index contributed by atoms with van der Waals surface area (Å²) < 4.78 is 43.7. The predicted molar refractivity (Wildman–Crippen MR) is 61.5 cm³/mol. The summed E-state index contributed by atoms with van der Waals surface area (Å²) in [6.07, 6.45) is -4.63. The zero-order valence-corrected chi connectivity index (χ0v) is 10.0. The van der Waals surface area contributed by atoms with Crippen LogP contribution in [-0.4, -0.2) is 25.5 Å². The fourth-order valence-corrected chi connectivity index (χ4v) is 1.18. The number of rotatable bonds is 4. The summed E-state index contributed by atoms with van der Waals surface area (Å²) in [6, 6.07) is 6.68. The molecule has 0 saturated carbocycles. The van der Waals surface area contributed by atoms with Gasteiger partial charge in [-0.25, -0.2) is 0 Å². The van der Waals surface area contributed by atoms with Gasteiger partial charge < -0.3 is 4.74 Å². The number of halogens is 4. The van der Waals surface area contributed by atoms with Crippen LogP contribution in [0.25, 0.3) is 0 Å². The lowest BCUT2D eigenvalue weighted by molar-refractivity contribution is -0.325. The van der Waals surface area contributed by atoms with Crippen LogP contribution in [0.2, 0.25) is 0 Å². The molecule has 0 atom stereocenters. The van der Waals surface area contributed by atoms with Gasteiger partial charge in [-0.15, -0.1) is 24.8 Å². The summed E-state index contributed by atoms with van der Waals surface area (Å²) in [5.41, 5.74) is 0.685. The van der Waals surface area contributed by atoms with E-state index in [-0.39, 0.29) is 12.5 Å². The summed E-state index contributed by atoms with van der Waals surface area (Å²) in [7, 11) is 0. The van der Waals surface area contributed by atoms with E-state index in [1.807, 2.05) is 0 Å². The van der Waals surface area contributed by atoms with Crippen molar-refractivity contribution in [2.24, 2.45) is 0 Å². The molecular weight excluding hydrogens is 269 g/mol. The van der Waals surface area contributed by atoms with Crippen LogP contribution in [-0.2, 0) is 4.74 Å². The van der Waals surface area contributed by atoms with E-state index in [0.29, 0.717) is 11.3 Å². The van der Waals surface area contributed by atoms with Gasteiger partial charge in [0.1, 0.15) is 12.4 Å². The highest BCUT2D eigenvalue weighted by Crippen LogP contribution is 2.16. The summed E-state index contributed by atoms with van der Waals surface area (Å²) in [4.78, 5) is 0. The molecule has 1 rings (SSSR count). The minimum Gasteiger partial charge on any atom is -0.491 e. The number of alkyl halides is 4. The molecule has 0 heterocycles. The van der Waals surface area contributed by atoms with E-state index in [4.69, 9.17) is 16.3 Å². The van der Waals surface area contributed by atoms with Gasteiger partial charge in [-0.3, -0.25) is 4.74 Å². The Hall–Kier alpha value is -1.38. The Balaban J connectivity index is 2.43. The fraction of sp³-hybridized carbons (Fsp3) is 0.333. The third-order valence-electron chi connectivity index (χ3n) is 1.75. The number of hydrogen-bond donors (Lipinski definition) is 0. The van der Waals surface area contributed by atoms with Crippen LogP contribution in [0.15, 0.2) is 24.3 Å². The molecule has 0 N–H and O–H groups in total. The average Bonchev–Trinajstić information content (AvgIpc) is 2.31. The van der Waals surface area contributed by atoms with Crippen molar-refractivity contribution in [2.75, 3.05) is 19.1 Å². The standard InChI is InChI=1S/C12H10ClF3O2/c13-6-2-4-10-3-1-5-11(9-10)17-7-8-18-12(14,15)16/h1,3,5,9H,6-8H2. The first-order chi connectivity index (χ1) is 8.51. The Morgan fingerprint density at radius 2 is 2.00 bits per heavy atom. The quantitative estimate of drug-likeness (QED) is 0.478. The molecule has 0 aromatic heterocycles. The molecule has 0 unspecified atom stereocenters. The highest BCUT2D eigenvalue weighted by molar-refractivity contribution is 6.19. The van der Waals surface area contributed by atoms with Gasteiger partial charge in [-0.05, 0) is 18.2 Å². The maximum Gasteiger partial charge on any atom is 0.522 e. The monoisotopic (exact) mass is 278 g/mol. The minimum absolute atomic E-state index is 0.189. The Morgan fingerprint density at radius 1 is 1.22 bits per heavy atom. The van der Waals surface area contributed by atoms with Gasteiger partial charge in [-0.2, -0.15) is 0 Å². The molecule has 0 aliphatic heterocycles. The lowest BCUT2D eigenvalue weighted by atomic mass is 10.2. The van der Waals surface area contributed by atoms with Gasteiger partial charge in [-0.1, -0.05) is 17.9 Å². The maximum atomic E-state index is 11.7. The van der Waals surface area contributed by atoms with Crippen LogP contribution in [0.5, 0.6) is 5.75 Å². The SMILES string of the molecule is FC(F)(F)OCCOc1cccc(C#CCCl)c1. The molecule has 0 aliphatic rings. The largest absolute Gasteiger partial charge is 0.522 e. The summed E-state index contributed by atoms with van der Waals surface area (Å²) in [5, 5.41) is 0. The molecule has 0 saturated heterocycles. The van der Waals surface area contributed by atoms with Crippen molar-refractivity contribution in [2.45, 2.75) is 6.36 Å². The van der Waals surface area contributed by atoms with Crippen LogP contribution in [0, 0.1) is 11.8 Å². The topological polar surface area (TPSA) is 18.5 Å². The van der Waals surface area contributed by atoms with E-state index in [1.54, 1.807) is 24.3 Å². The molecule has 2 nitrogen and oxygen atoms in total. The van der Waals surface area contributed by atoms with Crippen molar-refractivity contribution < 1.29 is 22.6 Å². The van der Waals surface area contributed by atoms with Crippen molar-refractivity contribution >= 4 is 11.6 Å². The van der Waals surface area contributed by atoms with Gasteiger partial charge in [0.25, 0.3) is 0 Å². The lowest BCUT2D eigenvalue weighted by Gasteiger charge is -2.09. The van der Waals surface area contributed by atoms with Gasteiger partial charge in [0.15, 0.2) is 0 Å². The van der Waals surface area contributed by atoms with Gasteiger partial charge in [0, 0.05) is 5.56 Å². The van der Waals surface area contributed by atoms with Crippen molar-refractivity contribution in [3.8, 4) is 17.6 Å². The second-order valence-corrected chi connectivity index (χ2v) is 3.37. The molecule has 6 heteroatoms. The third-order valence-corrected chi connectivity index (χ3v) is 1.88. The number of ether oxygens (including phenoxy) is 2. The van der Waals surface area contributed by atoms with Gasteiger partial charge >= 0.3 is 6.36 Å². The van der Waals surface area contributed by atoms with E-state index < -0.39 is 13.0 Å². The molecule has 0 fully saturated rings. The van der Waals surface area contributed by atoms with Crippen molar-refractivity contribution in [1.82, 2.24) is 0 Å². The van der Waals surface area contributed by atoms with Gasteiger partial charge in [0.2, 0.25) is 0 Å². The molecule has 98 valence electrons. The molecule has 0 radical (unpaired) electrons. The molecule has 0 amide bonds. The van der Waals surface area contributed by atoms with E-state index in [2.05, 4.69) is 16.6 Å². The first kappa shape index (κ1) is 14.7. The lowest BCUT2D eigenvalue weighted by Crippen LogP contribution is -2.18. The summed E-state index contributed by atoms with van der Waals surface area (Å²) >= 11 is 5.41. The summed E-state index contributed by atoms with van der Waals surface area (Å²) in [5.74, 6) is 6.09. The first-order valence-corrected chi connectivity index (χ1v) is 5.53. The van der Waals surface area contributed by atoms with Crippen molar-refractivity contribution in [3.63, 3.8) is 0 Å². The maximum absolute atomic E-state index is 11.7. The summed E-state index contributed by atoms with van der Waals surface area (Å²) in [6.45, 7) is -0.743. The molecule has 0 aliphatic carbocycles. The zero-order valence-electron chi connectivity index (χ0n) is 9.26. The molecular formula is C12H10ClF3O2. The Labute approximate surface area is 108 Å². The van der Waals surface area contributed by atoms with Gasteiger partial charge in [0.05, 0.1) is 12.5 Å². The second kappa shape index (κ2) is 7.14. The van der Waals surface area contributed by atoms with Crippen LogP contribution in [0.3, 0.4) is 0 Å². The first-order valence-electron chi connectivity index (χ1n) is 4.99. The third kappa shape index (κ3) is 6.38. The second-order valence-electron chi connectivity index (χ2n) is 3.11. The number of hydrogen-bond acceptors (Lipinski definition) is 2. The van der Waals surface area contributed by atoms with E-state index in [0.717, 1.165) is 0 Å². The zero-order chi connectivity index (χ0) is 13.4. The van der Waals surface area contributed by atoms with Crippen LogP contribution >= 0.6 is 11.6 Å². The van der Waals surface area contributed by atoms with Crippen molar-refractivity contribution in [1.29, 1.82) is 0 Å². The highest BCUT2D eigenvalue weighted by atomic mass is 35.5.